The molecule has 23 heavy (non-hydrogen) atoms. The van der Waals surface area contributed by atoms with Crippen LogP contribution in [0.3, 0.4) is 0 Å². The average molecular weight is 310 g/mol. The number of nitrogens with one attached hydrogen (secondary N) is 1. The molecule has 0 amide bonds. The zero-order valence-electron chi connectivity index (χ0n) is 13.2. The lowest BCUT2D eigenvalue weighted by molar-refractivity contribution is -0.116. The smallest absolute Gasteiger partial charge is 0.170 e. The van der Waals surface area contributed by atoms with Crippen LogP contribution >= 0.6 is 0 Å². The van der Waals surface area contributed by atoms with Crippen LogP contribution in [0.25, 0.3) is 0 Å². The Labute approximate surface area is 136 Å². The number of fused-ring (bicyclic) bond motifs is 1. The fourth-order valence-electron chi connectivity index (χ4n) is 4.07. The number of nitrogens with zero attached hydrogens (tertiary/aromatic N) is 1. The van der Waals surface area contributed by atoms with Gasteiger partial charge >= 0.3 is 0 Å². The number of carbonyl (C=O) groups is 1. The van der Waals surface area contributed by atoms with Crippen LogP contribution < -0.4 is 5.32 Å². The summed E-state index contributed by atoms with van der Waals surface area (Å²) in [5.74, 6) is 0.903. The second-order valence-corrected chi connectivity index (χ2v) is 6.84. The van der Waals surface area contributed by atoms with Crippen LogP contribution in [-0.2, 0) is 4.79 Å². The molecule has 4 nitrogen and oxygen atoms in total. The van der Waals surface area contributed by atoms with E-state index in [4.69, 9.17) is 4.99 Å². The number of aliphatic hydroxyl groups excluding tert-OH is 1. The van der Waals surface area contributed by atoms with Gasteiger partial charge in [0, 0.05) is 18.9 Å². The molecule has 1 aromatic carbocycles. The van der Waals surface area contributed by atoms with E-state index in [2.05, 4.69) is 5.32 Å². The van der Waals surface area contributed by atoms with Crippen LogP contribution in [-0.4, -0.2) is 28.8 Å². The van der Waals surface area contributed by atoms with E-state index in [1.54, 1.807) is 0 Å². The third-order valence-corrected chi connectivity index (χ3v) is 5.29. The molecule has 3 aliphatic rings. The van der Waals surface area contributed by atoms with Gasteiger partial charge in [0.2, 0.25) is 0 Å². The quantitative estimate of drug-likeness (QED) is 0.881. The lowest BCUT2D eigenvalue weighted by atomic mass is 9.82. The first-order chi connectivity index (χ1) is 11.2. The molecule has 0 saturated heterocycles. The SMILES string of the molecule is O=C1CC(c2ccccc2)CC(O)=C1C1=N[C@H]2CCCC[C@@H]2N1. The van der Waals surface area contributed by atoms with Crippen LogP contribution in [0.5, 0.6) is 0 Å². The molecule has 3 atom stereocenters. The van der Waals surface area contributed by atoms with Crippen molar-refractivity contribution in [3.8, 4) is 0 Å². The molecule has 2 aliphatic carbocycles. The molecule has 1 aliphatic heterocycles. The second kappa shape index (κ2) is 5.84. The Hall–Kier alpha value is -2.10. The van der Waals surface area contributed by atoms with Crippen molar-refractivity contribution < 1.29 is 9.90 Å². The van der Waals surface area contributed by atoms with Gasteiger partial charge in [-0.05, 0) is 24.3 Å². The van der Waals surface area contributed by atoms with Crippen LogP contribution in [0.1, 0.15) is 50.0 Å². The van der Waals surface area contributed by atoms with E-state index in [1.165, 1.54) is 12.8 Å². The highest BCUT2D eigenvalue weighted by Gasteiger charge is 2.37. The summed E-state index contributed by atoms with van der Waals surface area (Å²) in [6.07, 6.45) is 5.56. The Morgan fingerprint density at radius 3 is 2.61 bits per heavy atom. The number of benzene rings is 1. The summed E-state index contributed by atoms with van der Waals surface area (Å²) >= 11 is 0. The molecule has 0 radical (unpaired) electrons. The molecule has 0 aromatic heterocycles. The van der Waals surface area contributed by atoms with Crippen LogP contribution in [0.2, 0.25) is 0 Å². The van der Waals surface area contributed by atoms with Crippen molar-refractivity contribution in [3.05, 3.63) is 47.2 Å². The van der Waals surface area contributed by atoms with Gasteiger partial charge in [-0.3, -0.25) is 9.79 Å². The van der Waals surface area contributed by atoms with Crippen LogP contribution in [0.15, 0.2) is 46.7 Å². The van der Waals surface area contributed by atoms with Crippen LogP contribution in [0, 0.1) is 0 Å². The summed E-state index contributed by atoms with van der Waals surface area (Å²) in [5, 5.41) is 13.9. The Morgan fingerprint density at radius 1 is 1.09 bits per heavy atom. The summed E-state index contributed by atoms with van der Waals surface area (Å²) in [4.78, 5) is 17.3. The number of allylic oxidation sites excluding steroid dienone is 1. The number of Topliss-reactive ketones (excluding diaryl/α,β-unsaturated/α-hetero) is 1. The molecule has 1 aromatic rings. The summed E-state index contributed by atoms with van der Waals surface area (Å²) < 4.78 is 0. The zero-order valence-corrected chi connectivity index (χ0v) is 13.2. The lowest BCUT2D eigenvalue weighted by Gasteiger charge is -2.25. The van der Waals surface area contributed by atoms with Gasteiger partial charge in [-0.15, -0.1) is 0 Å². The predicted octanol–water partition coefficient (Wildman–Crippen LogP) is 3.26. The largest absolute Gasteiger partial charge is 0.511 e. The monoisotopic (exact) mass is 310 g/mol. The number of hydrogen-bond acceptors (Lipinski definition) is 4. The third-order valence-electron chi connectivity index (χ3n) is 5.29. The number of hydrogen-bond donors (Lipinski definition) is 2. The molecule has 120 valence electrons. The normalized spacial score (nSPS) is 30.7. The molecule has 0 spiro atoms. The topological polar surface area (TPSA) is 61.7 Å². The molecule has 1 heterocycles. The molecule has 1 fully saturated rings. The molecular weight excluding hydrogens is 288 g/mol. The van der Waals surface area contributed by atoms with Gasteiger partial charge in [-0.1, -0.05) is 43.2 Å². The van der Waals surface area contributed by atoms with Crippen molar-refractivity contribution in [2.24, 2.45) is 4.99 Å². The number of rotatable bonds is 2. The van der Waals surface area contributed by atoms with Crippen LogP contribution in [0.4, 0.5) is 0 Å². The van der Waals surface area contributed by atoms with Gasteiger partial charge in [0.1, 0.15) is 11.6 Å². The maximum Gasteiger partial charge on any atom is 0.170 e. The first-order valence-corrected chi connectivity index (χ1v) is 8.57. The van der Waals surface area contributed by atoms with E-state index in [1.807, 2.05) is 30.3 Å². The Bertz CT molecular complexity index is 678. The second-order valence-electron chi connectivity index (χ2n) is 6.84. The van der Waals surface area contributed by atoms with Crippen molar-refractivity contribution in [2.75, 3.05) is 0 Å². The van der Waals surface area contributed by atoms with E-state index in [0.29, 0.717) is 30.3 Å². The number of aliphatic hydroxyl groups is 1. The Kier molecular flexibility index (Phi) is 3.68. The summed E-state index contributed by atoms with van der Waals surface area (Å²) in [6, 6.07) is 10.6. The maximum atomic E-state index is 12.6. The summed E-state index contributed by atoms with van der Waals surface area (Å²) in [7, 11) is 0. The molecule has 1 saturated carbocycles. The van der Waals surface area contributed by atoms with Crippen molar-refractivity contribution >= 4 is 11.6 Å². The van der Waals surface area contributed by atoms with Gasteiger partial charge in [-0.25, -0.2) is 0 Å². The molecule has 2 N–H and O–H groups in total. The number of ketones is 1. The van der Waals surface area contributed by atoms with E-state index in [-0.39, 0.29) is 23.5 Å². The van der Waals surface area contributed by atoms with Gasteiger partial charge in [0.05, 0.1) is 11.6 Å². The maximum absolute atomic E-state index is 12.6. The minimum absolute atomic E-state index is 0.00694. The van der Waals surface area contributed by atoms with E-state index in [0.717, 1.165) is 18.4 Å². The fraction of sp³-hybridized carbons (Fsp3) is 0.474. The summed E-state index contributed by atoms with van der Waals surface area (Å²) in [6.45, 7) is 0. The van der Waals surface area contributed by atoms with Crippen molar-refractivity contribution in [1.29, 1.82) is 0 Å². The average Bonchev–Trinajstić information content (AvgIpc) is 2.98. The highest BCUT2D eigenvalue weighted by Crippen LogP contribution is 2.35. The van der Waals surface area contributed by atoms with Crippen molar-refractivity contribution in [2.45, 2.75) is 56.5 Å². The fourth-order valence-corrected chi connectivity index (χ4v) is 4.07. The van der Waals surface area contributed by atoms with Gasteiger partial charge in [-0.2, -0.15) is 0 Å². The predicted molar refractivity (Wildman–Crippen MR) is 89.7 cm³/mol. The molecule has 4 rings (SSSR count). The van der Waals surface area contributed by atoms with E-state index >= 15 is 0 Å². The minimum Gasteiger partial charge on any atom is -0.511 e. The highest BCUT2D eigenvalue weighted by atomic mass is 16.3. The van der Waals surface area contributed by atoms with Gasteiger partial charge < -0.3 is 10.4 Å². The Morgan fingerprint density at radius 2 is 1.87 bits per heavy atom. The first-order valence-electron chi connectivity index (χ1n) is 8.57. The summed E-state index contributed by atoms with van der Waals surface area (Å²) in [5.41, 5.74) is 1.55. The van der Waals surface area contributed by atoms with Crippen molar-refractivity contribution in [3.63, 3.8) is 0 Å². The third kappa shape index (κ3) is 2.67. The van der Waals surface area contributed by atoms with E-state index in [9.17, 15) is 9.90 Å². The molecule has 0 bridgehead atoms. The highest BCUT2D eigenvalue weighted by molar-refractivity contribution is 6.23. The number of amidine groups is 1. The number of carbonyl (C=O) groups excluding carboxylic acids is 1. The van der Waals surface area contributed by atoms with Gasteiger partial charge in [0.15, 0.2) is 5.78 Å². The lowest BCUT2D eigenvalue weighted by Crippen LogP contribution is -2.39. The minimum atomic E-state index is 0.00694. The molecule has 4 heteroatoms. The zero-order chi connectivity index (χ0) is 15.8. The molecule has 1 unspecified atom stereocenters. The standard InChI is InChI=1S/C19H22N2O2/c22-16-10-13(12-6-2-1-3-7-12)11-17(23)18(16)19-20-14-8-4-5-9-15(14)21-19/h1-3,6-7,13-15,22H,4-5,8-11H2,(H,20,21)/t13?,14-,15-/m0/s1. The number of aliphatic imine (C=N–C) groups is 1. The Balaban J connectivity index is 1.59. The van der Waals surface area contributed by atoms with Gasteiger partial charge in [0.25, 0.3) is 0 Å². The van der Waals surface area contributed by atoms with Crippen molar-refractivity contribution in [1.82, 2.24) is 5.32 Å². The van der Waals surface area contributed by atoms with E-state index < -0.39 is 0 Å². The molecular formula is C19H22N2O2. The first kappa shape index (κ1) is 14.5.